The molecule has 0 aliphatic carbocycles. The largest absolute Gasteiger partial charge is 0.353 e. The normalized spacial score (nSPS) is 29.7. The number of hydrogen-bond acceptors (Lipinski definition) is 4. The van der Waals surface area contributed by atoms with Gasteiger partial charge in [-0.15, -0.1) is 0 Å². The molecule has 0 aromatic heterocycles. The quantitative estimate of drug-likeness (QED) is 0.789. The topological polar surface area (TPSA) is 66.5 Å². The van der Waals surface area contributed by atoms with Crippen molar-refractivity contribution in [1.29, 1.82) is 0 Å². The van der Waals surface area contributed by atoms with Crippen molar-refractivity contribution in [3.63, 3.8) is 0 Å². The van der Waals surface area contributed by atoms with E-state index in [2.05, 4.69) is 11.4 Å². The van der Waals surface area contributed by atoms with E-state index in [0.717, 1.165) is 22.4 Å². The fourth-order valence-electron chi connectivity index (χ4n) is 4.62. The van der Waals surface area contributed by atoms with E-state index in [1.165, 1.54) is 0 Å². The number of aryl methyl sites for hydroxylation is 1. The van der Waals surface area contributed by atoms with Crippen LogP contribution < -0.4 is 10.2 Å². The molecular formula is C21H24N2O3. The second kappa shape index (κ2) is 5.29. The maximum absolute atomic E-state index is 13.3. The SMILES string of the molecule is CC1=C[C@@H]2[C@H]3C(=O)NC(=O)[C@@H]3[C@@H](C(=O)C(C)(C)C)N2c2ccc(C)cc21. The summed E-state index contributed by atoms with van der Waals surface area (Å²) in [6.45, 7) is 9.67. The lowest BCUT2D eigenvalue weighted by Crippen LogP contribution is -2.51. The van der Waals surface area contributed by atoms with E-state index in [-0.39, 0.29) is 23.6 Å². The molecule has 0 bridgehead atoms. The summed E-state index contributed by atoms with van der Waals surface area (Å²) in [4.78, 5) is 40.4. The average molecular weight is 352 g/mol. The Morgan fingerprint density at radius 1 is 1.08 bits per heavy atom. The van der Waals surface area contributed by atoms with Gasteiger partial charge in [-0.3, -0.25) is 19.7 Å². The molecule has 4 rings (SSSR count). The third kappa shape index (κ3) is 2.19. The number of ketones is 1. The van der Waals surface area contributed by atoms with Crippen molar-refractivity contribution in [3.05, 3.63) is 35.4 Å². The molecule has 3 heterocycles. The first-order chi connectivity index (χ1) is 12.1. The van der Waals surface area contributed by atoms with Crippen LogP contribution in [0.2, 0.25) is 0 Å². The third-order valence-electron chi connectivity index (χ3n) is 5.85. The Morgan fingerprint density at radius 3 is 2.38 bits per heavy atom. The number of carbonyl (C=O) groups excluding carboxylic acids is 3. The highest BCUT2D eigenvalue weighted by molar-refractivity contribution is 6.12. The summed E-state index contributed by atoms with van der Waals surface area (Å²) < 4.78 is 0. The van der Waals surface area contributed by atoms with E-state index < -0.39 is 23.3 Å². The van der Waals surface area contributed by atoms with Gasteiger partial charge >= 0.3 is 0 Å². The lowest BCUT2D eigenvalue weighted by Gasteiger charge is -2.39. The van der Waals surface area contributed by atoms with Gasteiger partial charge in [0.15, 0.2) is 5.78 Å². The second-order valence-corrected chi connectivity index (χ2v) is 8.73. The zero-order valence-electron chi connectivity index (χ0n) is 15.8. The van der Waals surface area contributed by atoms with E-state index in [0.29, 0.717) is 0 Å². The van der Waals surface area contributed by atoms with Crippen molar-refractivity contribution in [2.75, 3.05) is 4.90 Å². The van der Waals surface area contributed by atoms with E-state index in [1.807, 2.05) is 57.7 Å². The first kappa shape index (κ1) is 17.0. The summed E-state index contributed by atoms with van der Waals surface area (Å²) in [6, 6.07) is 5.25. The fraction of sp³-hybridized carbons (Fsp3) is 0.476. The zero-order valence-corrected chi connectivity index (χ0v) is 15.8. The summed E-state index contributed by atoms with van der Waals surface area (Å²) in [7, 11) is 0. The number of nitrogens with one attached hydrogen (secondary N) is 1. The Kier molecular flexibility index (Phi) is 3.46. The molecule has 0 spiro atoms. The van der Waals surface area contributed by atoms with Gasteiger partial charge in [0.1, 0.15) is 6.04 Å². The summed E-state index contributed by atoms with van der Waals surface area (Å²) >= 11 is 0. The van der Waals surface area contributed by atoms with Crippen LogP contribution in [-0.2, 0) is 14.4 Å². The lowest BCUT2D eigenvalue weighted by atomic mass is 9.79. The third-order valence-corrected chi connectivity index (χ3v) is 5.85. The monoisotopic (exact) mass is 352 g/mol. The molecule has 26 heavy (non-hydrogen) atoms. The van der Waals surface area contributed by atoms with Gasteiger partial charge in [-0.05, 0) is 31.6 Å². The van der Waals surface area contributed by atoms with Crippen LogP contribution in [0.15, 0.2) is 24.3 Å². The molecule has 4 atom stereocenters. The molecule has 0 saturated carbocycles. The standard InChI is InChI=1S/C21H24N2O3/c1-10-6-7-13-12(8-10)11(2)9-14-15-16(20(26)22-19(15)25)17(23(13)14)18(24)21(3,4)5/h6-9,14-17H,1-5H3,(H,22,25,26)/t14-,15-,16+,17+/m1/s1. The smallest absolute Gasteiger partial charge is 0.233 e. The number of carbonyl (C=O) groups is 3. The summed E-state index contributed by atoms with van der Waals surface area (Å²) in [5.41, 5.74) is 3.64. The van der Waals surface area contributed by atoms with Gasteiger partial charge in [0.25, 0.3) is 0 Å². The summed E-state index contributed by atoms with van der Waals surface area (Å²) in [5.74, 6) is -1.73. The summed E-state index contributed by atoms with van der Waals surface area (Å²) in [6.07, 6.45) is 2.05. The number of allylic oxidation sites excluding steroid dienone is 1. The Morgan fingerprint density at radius 2 is 1.73 bits per heavy atom. The van der Waals surface area contributed by atoms with Gasteiger partial charge in [0, 0.05) is 16.7 Å². The van der Waals surface area contributed by atoms with Crippen molar-refractivity contribution in [2.24, 2.45) is 17.3 Å². The molecule has 0 radical (unpaired) electrons. The van der Waals surface area contributed by atoms with Crippen molar-refractivity contribution < 1.29 is 14.4 Å². The number of imide groups is 1. The maximum atomic E-state index is 13.3. The molecule has 1 aromatic carbocycles. The predicted octanol–water partition coefficient (Wildman–Crippen LogP) is 2.47. The van der Waals surface area contributed by atoms with Crippen molar-refractivity contribution >= 4 is 28.9 Å². The lowest BCUT2D eigenvalue weighted by molar-refractivity contribution is -0.132. The Bertz CT molecular complexity index is 878. The molecule has 3 aliphatic heterocycles. The van der Waals surface area contributed by atoms with Gasteiger partial charge in [-0.25, -0.2) is 0 Å². The van der Waals surface area contributed by atoms with Crippen molar-refractivity contribution in [3.8, 4) is 0 Å². The molecular weight excluding hydrogens is 328 g/mol. The van der Waals surface area contributed by atoms with Gasteiger partial charge in [-0.2, -0.15) is 0 Å². The minimum atomic E-state index is -0.629. The van der Waals surface area contributed by atoms with Crippen LogP contribution in [0.25, 0.3) is 5.57 Å². The minimum Gasteiger partial charge on any atom is -0.353 e. The van der Waals surface area contributed by atoms with Gasteiger partial charge in [0.2, 0.25) is 11.8 Å². The zero-order chi connectivity index (χ0) is 19.0. The van der Waals surface area contributed by atoms with Crippen LogP contribution in [0.4, 0.5) is 5.69 Å². The highest BCUT2D eigenvalue weighted by Gasteiger charge is 2.62. The number of amides is 2. The predicted molar refractivity (Wildman–Crippen MR) is 99.5 cm³/mol. The van der Waals surface area contributed by atoms with Gasteiger partial charge in [0.05, 0.1) is 17.9 Å². The van der Waals surface area contributed by atoms with Crippen LogP contribution >= 0.6 is 0 Å². The number of hydrogen-bond donors (Lipinski definition) is 1. The second-order valence-electron chi connectivity index (χ2n) is 8.73. The molecule has 1 aromatic rings. The highest BCUT2D eigenvalue weighted by atomic mass is 16.2. The first-order valence-electron chi connectivity index (χ1n) is 9.08. The minimum absolute atomic E-state index is 0.000622. The maximum Gasteiger partial charge on any atom is 0.233 e. The Balaban J connectivity index is 1.93. The highest BCUT2D eigenvalue weighted by Crippen LogP contribution is 2.49. The molecule has 3 aliphatic rings. The molecule has 5 heteroatoms. The molecule has 5 nitrogen and oxygen atoms in total. The van der Waals surface area contributed by atoms with Crippen molar-refractivity contribution in [2.45, 2.75) is 46.7 Å². The van der Waals surface area contributed by atoms with Gasteiger partial charge in [-0.1, -0.05) is 38.5 Å². The van der Waals surface area contributed by atoms with Gasteiger partial charge < -0.3 is 4.90 Å². The molecule has 0 unspecified atom stereocenters. The van der Waals surface area contributed by atoms with E-state index in [1.54, 1.807) is 0 Å². The number of nitrogens with zero attached hydrogens (tertiary/aromatic N) is 1. The Labute approximate surface area is 153 Å². The first-order valence-corrected chi connectivity index (χ1v) is 9.08. The van der Waals surface area contributed by atoms with Crippen LogP contribution in [0.3, 0.4) is 0 Å². The number of anilines is 1. The van der Waals surface area contributed by atoms with Crippen LogP contribution in [0.5, 0.6) is 0 Å². The van der Waals surface area contributed by atoms with E-state index in [4.69, 9.17) is 0 Å². The number of rotatable bonds is 1. The van der Waals surface area contributed by atoms with E-state index >= 15 is 0 Å². The molecule has 2 fully saturated rings. The van der Waals surface area contributed by atoms with Crippen LogP contribution in [-0.4, -0.2) is 29.7 Å². The van der Waals surface area contributed by atoms with E-state index in [9.17, 15) is 14.4 Å². The number of benzene rings is 1. The van der Waals surface area contributed by atoms with Crippen LogP contribution in [0.1, 0.15) is 38.8 Å². The molecule has 136 valence electrons. The number of fused-ring (bicyclic) bond motifs is 5. The fourth-order valence-corrected chi connectivity index (χ4v) is 4.62. The van der Waals surface area contributed by atoms with Crippen LogP contribution in [0, 0.1) is 24.2 Å². The average Bonchev–Trinajstić information content (AvgIpc) is 3.02. The Hall–Kier alpha value is -2.43. The number of Topliss-reactive ketones (excluding diaryl/α,β-unsaturated/α-hetero) is 1. The summed E-state index contributed by atoms with van der Waals surface area (Å²) in [5, 5.41) is 2.45. The molecule has 1 N–H and O–H groups in total. The molecule has 2 amide bonds. The molecule has 2 saturated heterocycles. The van der Waals surface area contributed by atoms with Crippen molar-refractivity contribution in [1.82, 2.24) is 5.32 Å².